The van der Waals surface area contributed by atoms with Gasteiger partial charge in [0.25, 0.3) is 0 Å². The van der Waals surface area contributed by atoms with Gasteiger partial charge >= 0.3 is 6.09 Å². The highest BCUT2D eigenvalue weighted by molar-refractivity contribution is 6.30. The van der Waals surface area contributed by atoms with Gasteiger partial charge in [0.2, 0.25) is 0 Å². The number of benzene rings is 1. The molecule has 0 radical (unpaired) electrons. The first kappa shape index (κ1) is 14.6. The van der Waals surface area contributed by atoms with E-state index < -0.39 is 6.09 Å². The van der Waals surface area contributed by atoms with Crippen molar-refractivity contribution < 1.29 is 14.3 Å². The van der Waals surface area contributed by atoms with Gasteiger partial charge < -0.3 is 14.8 Å². The Morgan fingerprint density at radius 1 is 1.28 bits per heavy atom. The van der Waals surface area contributed by atoms with Gasteiger partial charge in [0, 0.05) is 11.6 Å². The zero-order valence-corrected chi connectivity index (χ0v) is 11.2. The quantitative estimate of drug-likeness (QED) is 0.775. The van der Waals surface area contributed by atoms with Crippen molar-refractivity contribution in [1.29, 1.82) is 0 Å². The van der Waals surface area contributed by atoms with Crippen LogP contribution in [0.2, 0.25) is 5.02 Å². The Bertz CT molecular complexity index is 354. The highest BCUT2D eigenvalue weighted by Gasteiger charge is 2.00. The van der Waals surface area contributed by atoms with Crippen LogP contribution in [-0.2, 0) is 4.74 Å². The summed E-state index contributed by atoms with van der Waals surface area (Å²) in [5, 5.41) is 3.32. The fourth-order valence-corrected chi connectivity index (χ4v) is 1.37. The van der Waals surface area contributed by atoms with Crippen LogP contribution >= 0.6 is 11.6 Å². The van der Waals surface area contributed by atoms with Gasteiger partial charge in [-0.05, 0) is 30.7 Å². The molecule has 0 aromatic heterocycles. The molecule has 100 valence electrons. The van der Waals surface area contributed by atoms with Gasteiger partial charge in [-0.3, -0.25) is 0 Å². The van der Waals surface area contributed by atoms with E-state index in [1.165, 1.54) is 0 Å². The molecular weight excluding hydrogens is 254 g/mol. The number of halogens is 1. The fourth-order valence-electron chi connectivity index (χ4n) is 1.24. The van der Waals surface area contributed by atoms with Crippen LogP contribution in [0, 0.1) is 0 Å². The van der Waals surface area contributed by atoms with Crippen LogP contribution in [0.4, 0.5) is 4.79 Å². The molecule has 0 saturated carbocycles. The second-order valence-corrected chi connectivity index (χ2v) is 4.16. The van der Waals surface area contributed by atoms with Crippen molar-refractivity contribution in [1.82, 2.24) is 5.32 Å². The molecule has 0 unspecified atom stereocenters. The Morgan fingerprint density at radius 3 is 2.67 bits per heavy atom. The van der Waals surface area contributed by atoms with Crippen molar-refractivity contribution in [2.24, 2.45) is 0 Å². The zero-order valence-electron chi connectivity index (χ0n) is 10.4. The minimum Gasteiger partial charge on any atom is -0.490 e. The van der Waals surface area contributed by atoms with Crippen LogP contribution in [0.5, 0.6) is 5.75 Å². The van der Waals surface area contributed by atoms with Crippen LogP contribution in [-0.4, -0.2) is 25.9 Å². The molecule has 1 aromatic rings. The summed E-state index contributed by atoms with van der Waals surface area (Å²) in [7, 11) is 0. The standard InChI is InChI=1S/C13H18ClNO3/c1-2-3-8-15-13(16)18-10-9-17-12-6-4-11(14)5-7-12/h4-7H,2-3,8-10H2,1H3,(H,15,16). The molecule has 4 nitrogen and oxygen atoms in total. The molecule has 0 aliphatic carbocycles. The molecule has 1 aromatic carbocycles. The summed E-state index contributed by atoms with van der Waals surface area (Å²) in [5.74, 6) is 0.703. The monoisotopic (exact) mass is 271 g/mol. The van der Waals surface area contributed by atoms with Gasteiger partial charge in [-0.1, -0.05) is 24.9 Å². The predicted octanol–water partition coefficient (Wildman–Crippen LogP) is 3.25. The zero-order chi connectivity index (χ0) is 13.2. The van der Waals surface area contributed by atoms with E-state index in [1.807, 2.05) is 0 Å². The molecule has 0 aliphatic heterocycles. The molecule has 1 rings (SSSR count). The molecule has 0 spiro atoms. The first-order chi connectivity index (χ1) is 8.72. The lowest BCUT2D eigenvalue weighted by Crippen LogP contribution is -2.26. The highest BCUT2D eigenvalue weighted by atomic mass is 35.5. The van der Waals surface area contributed by atoms with Gasteiger partial charge in [-0.15, -0.1) is 0 Å². The first-order valence-electron chi connectivity index (χ1n) is 6.01. The minimum atomic E-state index is -0.400. The van der Waals surface area contributed by atoms with Crippen LogP contribution in [0.1, 0.15) is 19.8 Å². The van der Waals surface area contributed by atoms with E-state index in [4.69, 9.17) is 21.1 Å². The smallest absolute Gasteiger partial charge is 0.407 e. The maximum Gasteiger partial charge on any atom is 0.407 e. The Morgan fingerprint density at radius 2 is 2.00 bits per heavy atom. The number of carbonyl (C=O) groups excluding carboxylic acids is 1. The van der Waals surface area contributed by atoms with Gasteiger partial charge in [-0.2, -0.15) is 0 Å². The highest BCUT2D eigenvalue weighted by Crippen LogP contribution is 2.15. The first-order valence-corrected chi connectivity index (χ1v) is 6.39. The Labute approximate surface area is 112 Å². The maximum absolute atomic E-state index is 11.2. The average Bonchev–Trinajstić information content (AvgIpc) is 2.37. The molecule has 1 N–H and O–H groups in total. The molecule has 1 amide bonds. The van der Waals surface area contributed by atoms with Crippen molar-refractivity contribution >= 4 is 17.7 Å². The SMILES string of the molecule is CCCCNC(=O)OCCOc1ccc(Cl)cc1. The number of ether oxygens (including phenoxy) is 2. The van der Waals surface area contributed by atoms with E-state index in [0.717, 1.165) is 12.8 Å². The molecule has 0 atom stereocenters. The Hall–Kier alpha value is -1.42. The maximum atomic E-state index is 11.2. The Kier molecular flexibility index (Phi) is 7.03. The number of amides is 1. The molecular formula is C13H18ClNO3. The third kappa shape index (κ3) is 6.35. The number of carbonyl (C=O) groups is 1. The molecule has 0 saturated heterocycles. The molecule has 0 aliphatic rings. The lowest BCUT2D eigenvalue weighted by molar-refractivity contribution is 0.125. The summed E-state index contributed by atoms with van der Waals surface area (Å²) in [4.78, 5) is 11.2. The Balaban J connectivity index is 2.07. The number of hydrogen-bond donors (Lipinski definition) is 1. The predicted molar refractivity (Wildman–Crippen MR) is 71.2 cm³/mol. The third-order valence-electron chi connectivity index (χ3n) is 2.20. The average molecular weight is 272 g/mol. The number of hydrogen-bond acceptors (Lipinski definition) is 3. The molecule has 0 heterocycles. The summed E-state index contributed by atoms with van der Waals surface area (Å²) in [5.41, 5.74) is 0. The van der Waals surface area contributed by atoms with Gasteiger partial charge in [0.15, 0.2) is 0 Å². The van der Waals surface area contributed by atoms with Crippen molar-refractivity contribution in [3.8, 4) is 5.75 Å². The normalized spacial score (nSPS) is 9.89. The topological polar surface area (TPSA) is 47.6 Å². The van der Waals surface area contributed by atoms with E-state index in [2.05, 4.69) is 12.2 Å². The summed E-state index contributed by atoms with van der Waals surface area (Å²) in [6.07, 6.45) is 1.60. The van der Waals surface area contributed by atoms with Crippen molar-refractivity contribution in [2.45, 2.75) is 19.8 Å². The molecule has 5 heteroatoms. The summed E-state index contributed by atoms with van der Waals surface area (Å²) in [6, 6.07) is 7.03. The van der Waals surface area contributed by atoms with E-state index in [-0.39, 0.29) is 6.61 Å². The molecule has 18 heavy (non-hydrogen) atoms. The lowest BCUT2D eigenvalue weighted by atomic mass is 10.3. The van der Waals surface area contributed by atoms with Crippen molar-refractivity contribution in [2.75, 3.05) is 19.8 Å². The largest absolute Gasteiger partial charge is 0.490 e. The fraction of sp³-hybridized carbons (Fsp3) is 0.462. The van der Waals surface area contributed by atoms with Gasteiger partial charge in [0.05, 0.1) is 0 Å². The van der Waals surface area contributed by atoms with Crippen LogP contribution in [0.3, 0.4) is 0 Å². The number of unbranched alkanes of at least 4 members (excludes halogenated alkanes) is 1. The van der Waals surface area contributed by atoms with E-state index in [0.29, 0.717) is 23.9 Å². The van der Waals surface area contributed by atoms with Gasteiger partial charge in [0.1, 0.15) is 19.0 Å². The van der Waals surface area contributed by atoms with Crippen LogP contribution in [0.25, 0.3) is 0 Å². The number of nitrogens with one attached hydrogen (secondary N) is 1. The van der Waals surface area contributed by atoms with E-state index in [1.54, 1.807) is 24.3 Å². The third-order valence-corrected chi connectivity index (χ3v) is 2.45. The second kappa shape index (κ2) is 8.64. The van der Waals surface area contributed by atoms with Crippen molar-refractivity contribution in [3.05, 3.63) is 29.3 Å². The van der Waals surface area contributed by atoms with E-state index >= 15 is 0 Å². The van der Waals surface area contributed by atoms with Crippen molar-refractivity contribution in [3.63, 3.8) is 0 Å². The number of rotatable bonds is 7. The summed E-state index contributed by atoms with van der Waals surface area (Å²) in [6.45, 7) is 3.25. The van der Waals surface area contributed by atoms with Crippen LogP contribution < -0.4 is 10.1 Å². The lowest BCUT2D eigenvalue weighted by Gasteiger charge is -2.08. The van der Waals surface area contributed by atoms with E-state index in [9.17, 15) is 4.79 Å². The second-order valence-electron chi connectivity index (χ2n) is 3.72. The molecule has 0 fully saturated rings. The van der Waals surface area contributed by atoms with Crippen LogP contribution in [0.15, 0.2) is 24.3 Å². The summed E-state index contributed by atoms with van der Waals surface area (Å²) < 4.78 is 10.3. The van der Waals surface area contributed by atoms with Gasteiger partial charge in [-0.25, -0.2) is 4.79 Å². The summed E-state index contributed by atoms with van der Waals surface area (Å²) >= 11 is 5.74. The molecule has 0 bridgehead atoms. The minimum absolute atomic E-state index is 0.223. The number of alkyl carbamates (subject to hydrolysis) is 1.